The monoisotopic (exact) mass is 368 g/mol. The SMILES string of the molecule is CCC(O)CCc1c(C(F)(F)F)cc(C(F)(F)F)cc1C(F)(F)F. The molecule has 1 nitrogen and oxygen atoms in total. The average molecular weight is 368 g/mol. The highest BCUT2D eigenvalue weighted by Gasteiger charge is 2.44. The second-order valence-electron chi connectivity index (χ2n) is 5.14. The van der Waals surface area contributed by atoms with Crippen LogP contribution in [0.5, 0.6) is 0 Å². The van der Waals surface area contributed by atoms with Crippen molar-refractivity contribution in [3.8, 4) is 0 Å². The fourth-order valence-electron chi connectivity index (χ4n) is 2.13. The minimum atomic E-state index is -5.40. The Balaban J connectivity index is 3.62. The van der Waals surface area contributed by atoms with Gasteiger partial charge >= 0.3 is 18.5 Å². The first kappa shape index (κ1) is 20.6. The molecule has 1 rings (SSSR count). The molecule has 10 heteroatoms. The van der Waals surface area contributed by atoms with Crippen LogP contribution in [0.4, 0.5) is 39.5 Å². The summed E-state index contributed by atoms with van der Waals surface area (Å²) in [6, 6.07) is -0.661. The molecule has 0 spiro atoms. The Bertz CT molecular complexity index is 534. The summed E-state index contributed by atoms with van der Waals surface area (Å²) in [7, 11) is 0. The molecule has 1 atom stereocenters. The van der Waals surface area contributed by atoms with Gasteiger partial charge in [0.1, 0.15) is 0 Å². The van der Waals surface area contributed by atoms with E-state index in [0.29, 0.717) is 0 Å². The first-order chi connectivity index (χ1) is 10.7. The van der Waals surface area contributed by atoms with E-state index < -0.39 is 59.7 Å². The maximum atomic E-state index is 13.0. The smallest absolute Gasteiger partial charge is 0.393 e. The van der Waals surface area contributed by atoms with Crippen LogP contribution in [0.25, 0.3) is 0 Å². The Kier molecular flexibility index (Phi) is 5.85. The van der Waals surface area contributed by atoms with E-state index in [2.05, 4.69) is 0 Å². The van der Waals surface area contributed by atoms with Crippen molar-refractivity contribution < 1.29 is 44.6 Å². The Morgan fingerprint density at radius 2 is 1.25 bits per heavy atom. The topological polar surface area (TPSA) is 20.2 Å². The normalized spacial score (nSPS) is 14.8. The van der Waals surface area contributed by atoms with Crippen LogP contribution in [-0.4, -0.2) is 11.2 Å². The third kappa shape index (κ3) is 5.02. The summed E-state index contributed by atoms with van der Waals surface area (Å²) in [5.74, 6) is 0. The number of aliphatic hydroxyl groups is 1. The molecule has 1 N–H and O–H groups in total. The Hall–Kier alpha value is -1.45. The lowest BCUT2D eigenvalue weighted by atomic mass is 9.92. The van der Waals surface area contributed by atoms with Crippen molar-refractivity contribution in [3.05, 3.63) is 34.4 Å². The van der Waals surface area contributed by atoms with Crippen molar-refractivity contribution in [1.82, 2.24) is 0 Å². The van der Waals surface area contributed by atoms with Crippen molar-refractivity contribution in [3.63, 3.8) is 0 Å². The summed E-state index contributed by atoms with van der Waals surface area (Å²) in [6.07, 6.45) is -18.5. The number of benzene rings is 1. The van der Waals surface area contributed by atoms with Gasteiger partial charge in [-0.05, 0) is 37.0 Å². The second kappa shape index (κ2) is 6.81. The molecule has 1 unspecified atom stereocenters. The number of halogens is 9. The molecule has 0 aliphatic carbocycles. The highest BCUT2D eigenvalue weighted by atomic mass is 19.4. The van der Waals surface area contributed by atoms with E-state index in [1.54, 1.807) is 0 Å². The Morgan fingerprint density at radius 3 is 1.54 bits per heavy atom. The van der Waals surface area contributed by atoms with Gasteiger partial charge in [-0.3, -0.25) is 0 Å². The van der Waals surface area contributed by atoms with Crippen LogP contribution in [-0.2, 0) is 24.9 Å². The number of rotatable bonds is 4. The standard InChI is InChI=1S/C14H13F9O/c1-2-8(24)3-4-9-10(13(18,19)20)5-7(12(15,16)17)6-11(9)14(21,22)23/h5-6,8,24H,2-4H2,1H3. The number of hydrogen-bond donors (Lipinski definition) is 1. The van der Waals surface area contributed by atoms with Crippen molar-refractivity contribution >= 4 is 0 Å². The third-order valence-electron chi connectivity index (χ3n) is 3.39. The van der Waals surface area contributed by atoms with Crippen LogP contribution in [0, 0.1) is 0 Å². The molecule has 0 aromatic heterocycles. The summed E-state index contributed by atoms with van der Waals surface area (Å²) in [6.45, 7) is 1.47. The lowest BCUT2D eigenvalue weighted by Crippen LogP contribution is -2.21. The molecule has 24 heavy (non-hydrogen) atoms. The van der Waals surface area contributed by atoms with Crippen LogP contribution in [0.1, 0.15) is 42.0 Å². The summed E-state index contributed by atoms with van der Waals surface area (Å²) in [4.78, 5) is 0. The summed E-state index contributed by atoms with van der Waals surface area (Å²) in [5, 5.41) is 9.35. The molecule has 0 amide bonds. The molecule has 0 heterocycles. The lowest BCUT2D eigenvalue weighted by molar-refractivity contribution is -0.149. The molecular formula is C14H13F9O. The van der Waals surface area contributed by atoms with E-state index in [1.165, 1.54) is 6.92 Å². The van der Waals surface area contributed by atoms with Crippen molar-refractivity contribution in [2.45, 2.75) is 50.8 Å². The van der Waals surface area contributed by atoms with Gasteiger partial charge < -0.3 is 5.11 Å². The van der Waals surface area contributed by atoms with E-state index in [-0.39, 0.29) is 18.6 Å². The molecule has 0 aliphatic rings. The minimum absolute atomic E-state index is 0.0866. The highest BCUT2D eigenvalue weighted by Crippen LogP contribution is 2.44. The molecular weight excluding hydrogens is 355 g/mol. The lowest BCUT2D eigenvalue weighted by Gasteiger charge is -2.22. The van der Waals surface area contributed by atoms with Crippen LogP contribution in [0.15, 0.2) is 12.1 Å². The van der Waals surface area contributed by atoms with Gasteiger partial charge in [0.05, 0.1) is 22.8 Å². The predicted molar refractivity (Wildman–Crippen MR) is 66.1 cm³/mol. The van der Waals surface area contributed by atoms with Crippen molar-refractivity contribution in [2.24, 2.45) is 0 Å². The van der Waals surface area contributed by atoms with Crippen LogP contribution < -0.4 is 0 Å². The predicted octanol–water partition coefficient (Wildman–Crippen LogP) is 5.45. The zero-order valence-electron chi connectivity index (χ0n) is 12.2. The van der Waals surface area contributed by atoms with Crippen molar-refractivity contribution in [2.75, 3.05) is 0 Å². The minimum Gasteiger partial charge on any atom is -0.393 e. The van der Waals surface area contributed by atoms with Gasteiger partial charge in [-0.1, -0.05) is 6.92 Å². The first-order valence-electron chi connectivity index (χ1n) is 6.74. The molecule has 0 bridgehead atoms. The van der Waals surface area contributed by atoms with E-state index in [0.717, 1.165) is 0 Å². The van der Waals surface area contributed by atoms with E-state index in [4.69, 9.17) is 0 Å². The van der Waals surface area contributed by atoms with Crippen LogP contribution >= 0.6 is 0 Å². The number of aliphatic hydroxyl groups excluding tert-OH is 1. The third-order valence-corrected chi connectivity index (χ3v) is 3.39. The van der Waals surface area contributed by atoms with Crippen molar-refractivity contribution in [1.29, 1.82) is 0 Å². The van der Waals surface area contributed by atoms with Gasteiger partial charge in [-0.25, -0.2) is 0 Å². The quantitative estimate of drug-likeness (QED) is 0.701. The maximum Gasteiger partial charge on any atom is 0.416 e. The highest BCUT2D eigenvalue weighted by molar-refractivity contribution is 5.43. The fourth-order valence-corrected chi connectivity index (χ4v) is 2.13. The molecule has 0 saturated heterocycles. The van der Waals surface area contributed by atoms with E-state index in [9.17, 15) is 44.6 Å². The van der Waals surface area contributed by atoms with Gasteiger partial charge in [0, 0.05) is 0 Å². The summed E-state index contributed by atoms with van der Waals surface area (Å²) >= 11 is 0. The first-order valence-corrected chi connectivity index (χ1v) is 6.74. The summed E-state index contributed by atoms with van der Waals surface area (Å²) in [5.41, 5.74) is -7.31. The van der Waals surface area contributed by atoms with Gasteiger partial charge in [0.25, 0.3) is 0 Å². The maximum absolute atomic E-state index is 13.0. The second-order valence-corrected chi connectivity index (χ2v) is 5.14. The number of hydrogen-bond acceptors (Lipinski definition) is 1. The molecule has 1 aromatic carbocycles. The fraction of sp³-hybridized carbons (Fsp3) is 0.571. The van der Waals surface area contributed by atoms with Crippen LogP contribution in [0.2, 0.25) is 0 Å². The van der Waals surface area contributed by atoms with Crippen LogP contribution in [0.3, 0.4) is 0 Å². The molecule has 1 aromatic rings. The largest absolute Gasteiger partial charge is 0.416 e. The van der Waals surface area contributed by atoms with Gasteiger partial charge in [-0.15, -0.1) is 0 Å². The van der Waals surface area contributed by atoms with E-state index in [1.807, 2.05) is 0 Å². The molecule has 0 fully saturated rings. The Labute approximate surface area is 131 Å². The zero-order valence-corrected chi connectivity index (χ0v) is 12.2. The molecule has 0 saturated carbocycles. The number of alkyl halides is 9. The van der Waals surface area contributed by atoms with Gasteiger partial charge in [0.15, 0.2) is 0 Å². The average Bonchev–Trinajstić information content (AvgIpc) is 2.40. The molecule has 0 radical (unpaired) electrons. The molecule has 0 aliphatic heterocycles. The van der Waals surface area contributed by atoms with Gasteiger partial charge in [0.2, 0.25) is 0 Å². The van der Waals surface area contributed by atoms with E-state index >= 15 is 0 Å². The zero-order chi connectivity index (χ0) is 18.9. The molecule has 138 valence electrons. The summed E-state index contributed by atoms with van der Waals surface area (Å²) < 4.78 is 116. The van der Waals surface area contributed by atoms with Gasteiger partial charge in [-0.2, -0.15) is 39.5 Å². The Morgan fingerprint density at radius 1 is 0.833 bits per heavy atom.